The first-order valence-electron chi connectivity index (χ1n) is 20.1. The van der Waals surface area contributed by atoms with Crippen molar-refractivity contribution in [2.24, 2.45) is 5.92 Å². The van der Waals surface area contributed by atoms with E-state index in [1.807, 2.05) is 23.0 Å². The highest BCUT2D eigenvalue weighted by Gasteiger charge is 2.33. The molecule has 2 aromatic heterocycles. The number of hydrogen-bond donors (Lipinski definition) is 3. The Hall–Kier alpha value is -5.60. The Bertz CT molecular complexity index is 2330. The molecule has 0 saturated heterocycles. The van der Waals surface area contributed by atoms with E-state index in [4.69, 9.17) is 9.84 Å². The van der Waals surface area contributed by atoms with Gasteiger partial charge in [-0.2, -0.15) is 18.3 Å². The van der Waals surface area contributed by atoms with Gasteiger partial charge in [-0.15, -0.1) is 0 Å². The van der Waals surface area contributed by atoms with Crippen molar-refractivity contribution in [3.05, 3.63) is 113 Å². The summed E-state index contributed by atoms with van der Waals surface area (Å²) in [5.41, 5.74) is 0.719. The molecule has 0 atom stereocenters. The smallest absolute Gasteiger partial charge is 0.433 e. The predicted octanol–water partition coefficient (Wildman–Crippen LogP) is 8.61. The maximum Gasteiger partial charge on any atom is 0.433 e. The lowest BCUT2D eigenvalue weighted by Crippen LogP contribution is -2.37. The van der Waals surface area contributed by atoms with Gasteiger partial charge in [0.2, 0.25) is 5.91 Å². The van der Waals surface area contributed by atoms with Crippen LogP contribution in [0.25, 0.3) is 10.9 Å². The number of imide groups is 1. The standard InChI is InChI=1S/C45H49F3N6O5/c1-44(2,58)34-25-36-31(23-37(34)50-42(56)35-11-8-13-39(49-35)45(46,47)48)27-54(52-36)32-18-14-29(15-19-32)26-53(3)22-6-4-5-9-28-16-20-33(21-17-28)59-38-12-7-10-30-24-40(55)51-43(57)41(30)38/h7-8,10-13,16-17,20-21,23,25,27,29,32,58H,4-6,9,14-15,18-19,22,24,26H2,1-3H3,(H,50,56)(H,51,55,57)/t29-,32-. The number of halogens is 3. The van der Waals surface area contributed by atoms with E-state index in [2.05, 4.69) is 39.7 Å². The Morgan fingerprint density at radius 1 is 0.983 bits per heavy atom. The van der Waals surface area contributed by atoms with Gasteiger partial charge in [0.15, 0.2) is 0 Å². The number of hydrogen-bond acceptors (Lipinski definition) is 8. The third-order valence-corrected chi connectivity index (χ3v) is 11.2. The molecule has 59 heavy (non-hydrogen) atoms. The Labute approximate surface area is 341 Å². The minimum atomic E-state index is -4.69. The Balaban J connectivity index is 0.854. The minimum Gasteiger partial charge on any atom is -0.457 e. The number of aryl methyl sites for hydroxylation is 1. The topological polar surface area (TPSA) is 139 Å². The van der Waals surface area contributed by atoms with E-state index in [1.54, 1.807) is 44.2 Å². The molecule has 1 aliphatic carbocycles. The first kappa shape index (κ1) is 41.6. The Morgan fingerprint density at radius 2 is 1.73 bits per heavy atom. The molecule has 1 aliphatic heterocycles. The molecule has 11 nitrogen and oxygen atoms in total. The molecule has 0 unspecified atom stereocenters. The highest BCUT2D eigenvalue weighted by atomic mass is 19.4. The van der Waals surface area contributed by atoms with Gasteiger partial charge in [-0.1, -0.05) is 36.8 Å². The Morgan fingerprint density at radius 3 is 2.46 bits per heavy atom. The number of anilines is 1. The number of benzene rings is 3. The zero-order chi connectivity index (χ0) is 41.9. The van der Waals surface area contributed by atoms with Crippen LogP contribution in [-0.4, -0.2) is 62.6 Å². The number of carbonyl (C=O) groups is 3. The SMILES string of the molecule is CN(CCCCCc1ccc(Oc2cccc3c2C(=O)NC(=O)C3)cc1)C[C@H]1CC[C@H](n2cc3cc(NC(=O)c4cccc(C(F)(F)F)n4)c(C(C)(C)O)cc3n2)CC1. The highest BCUT2D eigenvalue weighted by Crippen LogP contribution is 2.37. The monoisotopic (exact) mass is 810 g/mol. The number of amides is 3. The highest BCUT2D eigenvalue weighted by molar-refractivity contribution is 6.11. The summed E-state index contributed by atoms with van der Waals surface area (Å²) in [4.78, 5) is 43.1. The molecule has 0 bridgehead atoms. The fourth-order valence-corrected chi connectivity index (χ4v) is 8.13. The zero-order valence-corrected chi connectivity index (χ0v) is 33.4. The summed E-state index contributed by atoms with van der Waals surface area (Å²) in [5, 5.41) is 21.6. The molecule has 2 aliphatic rings. The zero-order valence-electron chi connectivity index (χ0n) is 33.4. The first-order valence-corrected chi connectivity index (χ1v) is 20.1. The van der Waals surface area contributed by atoms with Gasteiger partial charge in [0.25, 0.3) is 11.8 Å². The van der Waals surface area contributed by atoms with E-state index in [-0.39, 0.29) is 29.8 Å². The first-order chi connectivity index (χ1) is 28.1. The summed E-state index contributed by atoms with van der Waals surface area (Å²) in [7, 11) is 2.19. The van der Waals surface area contributed by atoms with E-state index in [9.17, 15) is 32.7 Å². The number of alkyl halides is 3. The van der Waals surface area contributed by atoms with Crippen LogP contribution in [-0.2, 0) is 29.4 Å². The van der Waals surface area contributed by atoms with Crippen molar-refractivity contribution in [1.29, 1.82) is 0 Å². The number of aliphatic hydroxyl groups is 1. The normalized spacial score (nSPS) is 17.2. The van der Waals surface area contributed by atoms with Gasteiger partial charge in [0.05, 0.1) is 29.1 Å². The molecular weight excluding hydrogens is 762 g/mol. The van der Waals surface area contributed by atoms with Crippen LogP contribution in [0, 0.1) is 5.92 Å². The summed E-state index contributed by atoms with van der Waals surface area (Å²) in [5.74, 6) is 0.110. The van der Waals surface area contributed by atoms with Crippen molar-refractivity contribution in [1.82, 2.24) is 25.0 Å². The summed E-state index contributed by atoms with van der Waals surface area (Å²) in [6.07, 6.45) is 5.78. The molecule has 3 amide bonds. The molecule has 5 aromatic rings. The van der Waals surface area contributed by atoms with Crippen molar-refractivity contribution in [2.45, 2.75) is 89.5 Å². The molecule has 310 valence electrons. The van der Waals surface area contributed by atoms with Crippen LogP contribution in [0.15, 0.2) is 79.0 Å². The molecule has 1 saturated carbocycles. The van der Waals surface area contributed by atoms with E-state index in [0.717, 1.165) is 82.0 Å². The van der Waals surface area contributed by atoms with Crippen molar-refractivity contribution in [2.75, 3.05) is 25.5 Å². The fraction of sp³-hybridized carbons (Fsp3) is 0.400. The second-order valence-electron chi connectivity index (χ2n) is 16.3. The van der Waals surface area contributed by atoms with Gasteiger partial charge in [0.1, 0.15) is 22.9 Å². The van der Waals surface area contributed by atoms with Gasteiger partial charge in [-0.3, -0.25) is 24.4 Å². The summed E-state index contributed by atoms with van der Waals surface area (Å²) < 4.78 is 47.7. The molecule has 3 aromatic carbocycles. The molecule has 0 radical (unpaired) electrons. The lowest BCUT2D eigenvalue weighted by atomic mass is 9.86. The maximum atomic E-state index is 13.2. The van der Waals surface area contributed by atoms with Crippen molar-refractivity contribution in [3.8, 4) is 11.5 Å². The average molecular weight is 811 g/mol. The average Bonchev–Trinajstić information content (AvgIpc) is 3.61. The predicted molar refractivity (Wildman–Crippen MR) is 217 cm³/mol. The van der Waals surface area contributed by atoms with E-state index >= 15 is 0 Å². The van der Waals surface area contributed by atoms with E-state index < -0.39 is 29.3 Å². The van der Waals surface area contributed by atoms with Gasteiger partial charge >= 0.3 is 6.18 Å². The quantitative estimate of drug-likeness (QED) is 0.0749. The maximum absolute atomic E-state index is 13.2. The number of fused-ring (bicyclic) bond motifs is 2. The second-order valence-corrected chi connectivity index (χ2v) is 16.3. The van der Waals surface area contributed by atoms with E-state index in [1.165, 1.54) is 11.6 Å². The Kier molecular flexibility index (Phi) is 12.2. The van der Waals surface area contributed by atoms with Crippen molar-refractivity contribution in [3.63, 3.8) is 0 Å². The van der Waals surface area contributed by atoms with E-state index in [0.29, 0.717) is 39.6 Å². The molecule has 3 N–H and O–H groups in total. The van der Waals surface area contributed by atoms with Crippen LogP contribution in [0.2, 0.25) is 0 Å². The fourth-order valence-electron chi connectivity index (χ4n) is 8.13. The lowest BCUT2D eigenvalue weighted by Gasteiger charge is -2.31. The van der Waals surface area contributed by atoms with Crippen LogP contribution in [0.5, 0.6) is 11.5 Å². The lowest BCUT2D eigenvalue weighted by molar-refractivity contribution is -0.141. The van der Waals surface area contributed by atoms with Crippen LogP contribution < -0.4 is 15.4 Å². The van der Waals surface area contributed by atoms with Crippen molar-refractivity contribution >= 4 is 34.3 Å². The molecule has 1 fully saturated rings. The molecule has 0 spiro atoms. The van der Waals surface area contributed by atoms with Crippen LogP contribution in [0.1, 0.15) is 108 Å². The van der Waals surface area contributed by atoms with Crippen molar-refractivity contribution < 1.29 is 37.4 Å². The number of ether oxygens (including phenoxy) is 1. The molecule has 3 heterocycles. The number of aromatic nitrogens is 3. The van der Waals surface area contributed by atoms with Crippen LogP contribution in [0.4, 0.5) is 18.9 Å². The summed E-state index contributed by atoms with van der Waals surface area (Å²) >= 11 is 0. The third-order valence-electron chi connectivity index (χ3n) is 11.2. The number of carbonyl (C=O) groups excluding carboxylic acids is 3. The minimum absolute atomic E-state index is 0.156. The molecular formula is C45H49F3N6O5. The summed E-state index contributed by atoms with van der Waals surface area (Å²) in [6, 6.07) is 20.0. The number of unbranched alkanes of at least 4 members (excludes halogenated alkanes) is 2. The summed E-state index contributed by atoms with van der Waals surface area (Å²) in [6.45, 7) is 5.22. The van der Waals surface area contributed by atoms with Gasteiger partial charge in [-0.05, 0) is 132 Å². The largest absolute Gasteiger partial charge is 0.457 e. The number of nitrogens with zero attached hydrogens (tertiary/aromatic N) is 4. The third kappa shape index (κ3) is 10.2. The van der Waals surface area contributed by atoms with Gasteiger partial charge in [-0.25, -0.2) is 4.98 Å². The molecule has 7 rings (SSSR count). The van der Waals surface area contributed by atoms with Gasteiger partial charge < -0.3 is 20.1 Å². The number of nitrogens with one attached hydrogen (secondary N) is 2. The second kappa shape index (κ2) is 17.3. The van der Waals surface area contributed by atoms with Crippen LogP contribution >= 0.6 is 0 Å². The number of pyridine rings is 1. The number of rotatable bonds is 14. The molecule has 14 heteroatoms. The van der Waals surface area contributed by atoms with Crippen LogP contribution in [0.3, 0.4) is 0 Å². The van der Waals surface area contributed by atoms with Gasteiger partial charge in [0, 0.05) is 29.4 Å².